The van der Waals surface area contributed by atoms with Gasteiger partial charge in [-0.05, 0) is 42.8 Å². The van der Waals surface area contributed by atoms with Crippen molar-refractivity contribution in [2.75, 3.05) is 11.1 Å². The third-order valence-electron chi connectivity index (χ3n) is 3.84. The largest absolute Gasteiger partial charge is 0.418 e. The van der Waals surface area contributed by atoms with E-state index in [0.29, 0.717) is 15.9 Å². The molecule has 2 aromatic carbocycles. The van der Waals surface area contributed by atoms with Crippen LogP contribution in [0.3, 0.4) is 0 Å². The van der Waals surface area contributed by atoms with Crippen molar-refractivity contribution in [3.8, 4) is 5.69 Å². The van der Waals surface area contributed by atoms with Crippen molar-refractivity contribution in [2.45, 2.75) is 18.3 Å². The van der Waals surface area contributed by atoms with Gasteiger partial charge in [0.2, 0.25) is 5.91 Å². The van der Waals surface area contributed by atoms with Crippen LogP contribution in [-0.4, -0.2) is 26.4 Å². The number of thioether (sulfide) groups is 1. The Morgan fingerprint density at radius 2 is 1.97 bits per heavy atom. The van der Waals surface area contributed by atoms with E-state index in [2.05, 4.69) is 15.5 Å². The summed E-state index contributed by atoms with van der Waals surface area (Å²) < 4.78 is 41.1. The number of rotatable bonds is 5. The smallest absolute Gasteiger partial charge is 0.325 e. The summed E-state index contributed by atoms with van der Waals surface area (Å²) in [6.07, 6.45) is -3.19. The third-order valence-corrected chi connectivity index (χ3v) is 5.43. The molecule has 0 aliphatic rings. The Kier molecular flexibility index (Phi) is 6.40. The third kappa shape index (κ3) is 5.23. The predicted molar refractivity (Wildman–Crippen MR) is 107 cm³/mol. The van der Waals surface area contributed by atoms with Gasteiger partial charge in [-0.2, -0.15) is 13.2 Å². The van der Waals surface area contributed by atoms with Crippen molar-refractivity contribution in [3.05, 3.63) is 63.9 Å². The molecule has 0 atom stereocenters. The number of alkyl halides is 3. The van der Waals surface area contributed by atoms with E-state index in [0.717, 1.165) is 29.5 Å². The van der Waals surface area contributed by atoms with Gasteiger partial charge in [0.15, 0.2) is 5.16 Å². The number of hydrogen-bond acceptors (Lipinski definition) is 4. The Morgan fingerprint density at radius 1 is 1.21 bits per heavy atom. The average Bonchev–Trinajstić information content (AvgIpc) is 3.11. The summed E-state index contributed by atoms with van der Waals surface area (Å²) in [7, 11) is 0. The Labute approximate surface area is 178 Å². The van der Waals surface area contributed by atoms with Crippen LogP contribution in [0.25, 0.3) is 5.69 Å². The average molecular weight is 461 g/mol. The number of carbonyl (C=O) groups excluding carboxylic acids is 1. The van der Waals surface area contributed by atoms with Gasteiger partial charge in [-0.3, -0.25) is 9.36 Å². The van der Waals surface area contributed by atoms with Crippen LogP contribution < -0.4 is 5.32 Å². The minimum atomic E-state index is -4.65. The second-order valence-corrected chi connectivity index (χ2v) is 7.73. The summed E-state index contributed by atoms with van der Waals surface area (Å²) in [5.41, 5.74) is 0.228. The molecular weight excluding hydrogens is 448 g/mol. The predicted octanol–water partition coefficient (Wildman–Crippen LogP) is 5.63. The monoisotopic (exact) mass is 460 g/mol. The van der Waals surface area contributed by atoms with Gasteiger partial charge >= 0.3 is 6.18 Å². The standard InChI is InChI=1S/C18H13Cl2F3N4OS/c1-10-2-4-12(7-14(10)20)27-9-24-26-17(27)29-8-16(28)25-15-5-3-11(19)6-13(15)18(21,22)23/h2-7,9H,8H2,1H3,(H,25,28). The fourth-order valence-electron chi connectivity index (χ4n) is 2.41. The van der Waals surface area contributed by atoms with E-state index in [1.54, 1.807) is 10.6 Å². The van der Waals surface area contributed by atoms with E-state index in [1.165, 1.54) is 12.4 Å². The van der Waals surface area contributed by atoms with E-state index in [1.807, 2.05) is 19.1 Å². The van der Waals surface area contributed by atoms with E-state index >= 15 is 0 Å². The molecule has 5 nitrogen and oxygen atoms in total. The van der Waals surface area contributed by atoms with Crippen molar-refractivity contribution in [2.24, 2.45) is 0 Å². The van der Waals surface area contributed by atoms with Gasteiger partial charge in [0.05, 0.1) is 22.7 Å². The van der Waals surface area contributed by atoms with Crippen LogP contribution in [0.1, 0.15) is 11.1 Å². The fourth-order valence-corrected chi connectivity index (χ4v) is 3.48. The molecule has 0 fully saturated rings. The number of amides is 1. The summed E-state index contributed by atoms with van der Waals surface area (Å²) in [5, 5.41) is 10.9. The Morgan fingerprint density at radius 3 is 2.66 bits per heavy atom. The molecule has 0 bridgehead atoms. The molecular formula is C18H13Cl2F3N4OS. The minimum Gasteiger partial charge on any atom is -0.325 e. The first kappa shape index (κ1) is 21.5. The van der Waals surface area contributed by atoms with Crippen LogP contribution >= 0.6 is 35.0 Å². The lowest BCUT2D eigenvalue weighted by Gasteiger charge is -2.14. The molecule has 3 rings (SSSR count). The molecule has 0 saturated heterocycles. The molecule has 152 valence electrons. The van der Waals surface area contributed by atoms with E-state index < -0.39 is 17.6 Å². The van der Waals surface area contributed by atoms with Crippen LogP contribution in [0.2, 0.25) is 10.0 Å². The zero-order valence-corrected chi connectivity index (χ0v) is 17.1. The molecule has 0 aliphatic heterocycles. The number of halogens is 5. The summed E-state index contributed by atoms with van der Waals surface area (Å²) >= 11 is 12.8. The molecule has 1 aromatic heterocycles. The normalized spacial score (nSPS) is 11.5. The van der Waals surface area contributed by atoms with Gasteiger partial charge in [-0.25, -0.2) is 0 Å². The number of benzene rings is 2. The van der Waals surface area contributed by atoms with Crippen molar-refractivity contribution < 1.29 is 18.0 Å². The first-order chi connectivity index (χ1) is 13.6. The number of carbonyl (C=O) groups is 1. The first-order valence-corrected chi connectivity index (χ1v) is 9.85. The van der Waals surface area contributed by atoms with Crippen LogP contribution in [0, 0.1) is 6.92 Å². The lowest BCUT2D eigenvalue weighted by molar-refractivity contribution is -0.137. The molecule has 11 heteroatoms. The Hall–Kier alpha value is -2.23. The van der Waals surface area contributed by atoms with E-state index in [-0.39, 0.29) is 16.5 Å². The highest BCUT2D eigenvalue weighted by atomic mass is 35.5. The van der Waals surface area contributed by atoms with Gasteiger partial charge in [0, 0.05) is 10.0 Å². The highest BCUT2D eigenvalue weighted by molar-refractivity contribution is 7.99. The van der Waals surface area contributed by atoms with Crippen LogP contribution in [0.4, 0.5) is 18.9 Å². The van der Waals surface area contributed by atoms with Gasteiger partial charge in [0.25, 0.3) is 0 Å². The molecule has 0 radical (unpaired) electrons. The Bertz CT molecular complexity index is 1060. The van der Waals surface area contributed by atoms with E-state index in [9.17, 15) is 18.0 Å². The van der Waals surface area contributed by atoms with Crippen LogP contribution in [-0.2, 0) is 11.0 Å². The molecule has 0 unspecified atom stereocenters. The zero-order chi connectivity index (χ0) is 21.2. The van der Waals surface area contributed by atoms with Crippen molar-refractivity contribution in [1.29, 1.82) is 0 Å². The van der Waals surface area contributed by atoms with Crippen LogP contribution in [0.5, 0.6) is 0 Å². The highest BCUT2D eigenvalue weighted by Gasteiger charge is 2.34. The Balaban J connectivity index is 1.72. The molecule has 1 N–H and O–H groups in total. The second-order valence-electron chi connectivity index (χ2n) is 5.94. The fraction of sp³-hybridized carbons (Fsp3) is 0.167. The molecule has 0 saturated carbocycles. The highest BCUT2D eigenvalue weighted by Crippen LogP contribution is 2.36. The number of aromatic nitrogens is 3. The lowest BCUT2D eigenvalue weighted by Crippen LogP contribution is -2.18. The number of anilines is 1. The maximum absolute atomic E-state index is 13.1. The summed E-state index contributed by atoms with van der Waals surface area (Å²) in [6.45, 7) is 1.87. The number of nitrogens with one attached hydrogen (secondary N) is 1. The lowest BCUT2D eigenvalue weighted by atomic mass is 10.1. The second kappa shape index (κ2) is 8.64. The summed E-state index contributed by atoms with van der Waals surface area (Å²) in [4.78, 5) is 12.2. The zero-order valence-electron chi connectivity index (χ0n) is 14.8. The maximum Gasteiger partial charge on any atom is 0.418 e. The molecule has 1 amide bonds. The molecule has 29 heavy (non-hydrogen) atoms. The van der Waals surface area contributed by atoms with Gasteiger partial charge in [0.1, 0.15) is 6.33 Å². The first-order valence-electron chi connectivity index (χ1n) is 8.11. The summed E-state index contributed by atoms with van der Waals surface area (Å²) in [5.74, 6) is -0.794. The molecule has 1 heterocycles. The van der Waals surface area contributed by atoms with Gasteiger partial charge in [-0.1, -0.05) is 41.0 Å². The molecule has 0 aliphatic carbocycles. The minimum absolute atomic E-state index is 0.0745. The molecule has 0 spiro atoms. The van der Waals surface area contributed by atoms with Crippen LogP contribution in [0.15, 0.2) is 47.9 Å². The van der Waals surface area contributed by atoms with Gasteiger partial charge < -0.3 is 5.32 Å². The van der Waals surface area contributed by atoms with E-state index in [4.69, 9.17) is 23.2 Å². The van der Waals surface area contributed by atoms with Crippen molar-refractivity contribution in [3.63, 3.8) is 0 Å². The topological polar surface area (TPSA) is 59.8 Å². The maximum atomic E-state index is 13.1. The van der Waals surface area contributed by atoms with Crippen molar-refractivity contribution >= 4 is 46.6 Å². The SMILES string of the molecule is Cc1ccc(-n2cnnc2SCC(=O)Nc2ccc(Cl)cc2C(F)(F)F)cc1Cl. The summed E-state index contributed by atoms with van der Waals surface area (Å²) in [6, 6.07) is 8.54. The number of hydrogen-bond donors (Lipinski definition) is 1. The quantitative estimate of drug-likeness (QED) is 0.501. The number of aryl methyl sites for hydroxylation is 1. The van der Waals surface area contributed by atoms with Crippen molar-refractivity contribution in [1.82, 2.24) is 14.8 Å². The van der Waals surface area contributed by atoms with Gasteiger partial charge in [-0.15, -0.1) is 10.2 Å². The molecule has 3 aromatic rings. The number of nitrogens with zero attached hydrogens (tertiary/aromatic N) is 3.